The van der Waals surface area contributed by atoms with Gasteiger partial charge in [0, 0.05) is 11.2 Å². The zero-order chi connectivity index (χ0) is 17.5. The molecule has 0 bridgehead atoms. The second-order valence-electron chi connectivity index (χ2n) is 5.05. The van der Waals surface area contributed by atoms with Crippen LogP contribution in [0.3, 0.4) is 0 Å². The van der Waals surface area contributed by atoms with Gasteiger partial charge in [-0.3, -0.25) is 4.57 Å². The summed E-state index contributed by atoms with van der Waals surface area (Å²) in [4.78, 5) is 14.6. The normalized spacial score (nSPS) is 11.7. The third kappa shape index (κ3) is 3.03. The molecule has 0 saturated heterocycles. The van der Waals surface area contributed by atoms with Crippen LogP contribution < -0.4 is 5.69 Å². The van der Waals surface area contributed by atoms with Crippen molar-refractivity contribution in [3.63, 3.8) is 0 Å². The van der Waals surface area contributed by atoms with E-state index < -0.39 is 17.4 Å². The largest absolute Gasteiger partial charge is 0.506 e. The van der Waals surface area contributed by atoms with Crippen molar-refractivity contribution < 1.29 is 18.3 Å². The molecule has 0 aliphatic heterocycles. The van der Waals surface area contributed by atoms with Crippen molar-refractivity contribution in [1.29, 1.82) is 0 Å². The minimum absolute atomic E-state index is 0.153. The Morgan fingerprint density at radius 2 is 1.75 bits per heavy atom. The van der Waals surface area contributed by atoms with Crippen molar-refractivity contribution in [3.8, 4) is 22.7 Å². The summed E-state index contributed by atoms with van der Waals surface area (Å²) in [6.07, 6.45) is -3.04. The summed E-state index contributed by atoms with van der Waals surface area (Å²) in [5.41, 5.74) is -0.446. The predicted molar refractivity (Wildman–Crippen MR) is 83.5 cm³/mol. The lowest BCUT2D eigenvalue weighted by atomic mass is 10.1. The van der Waals surface area contributed by atoms with E-state index in [2.05, 4.69) is 4.98 Å². The predicted octanol–water partition coefficient (Wildman–Crippen LogP) is 4.21. The van der Waals surface area contributed by atoms with Crippen LogP contribution in [-0.4, -0.2) is 14.7 Å². The van der Waals surface area contributed by atoms with Crippen LogP contribution in [0.1, 0.15) is 5.56 Å². The minimum atomic E-state index is -4.43. The minimum Gasteiger partial charge on any atom is -0.506 e. The van der Waals surface area contributed by atoms with Crippen molar-refractivity contribution in [3.05, 3.63) is 69.7 Å². The molecule has 0 aliphatic carbocycles. The molecule has 3 rings (SSSR count). The van der Waals surface area contributed by atoms with Gasteiger partial charge in [0.05, 0.1) is 16.9 Å². The number of aromatic amines is 1. The molecule has 24 heavy (non-hydrogen) atoms. The highest BCUT2D eigenvalue weighted by Crippen LogP contribution is 2.31. The topological polar surface area (TPSA) is 58.0 Å². The van der Waals surface area contributed by atoms with Gasteiger partial charge in [-0.15, -0.1) is 0 Å². The summed E-state index contributed by atoms with van der Waals surface area (Å²) in [6, 6.07) is 8.60. The lowest BCUT2D eigenvalue weighted by Gasteiger charge is -2.06. The van der Waals surface area contributed by atoms with Gasteiger partial charge in [0.15, 0.2) is 0 Å². The Balaban J connectivity index is 2.03. The number of hydrogen-bond acceptors (Lipinski definition) is 2. The summed E-state index contributed by atoms with van der Waals surface area (Å²) in [6.45, 7) is 0. The molecule has 3 aromatic rings. The first-order valence-electron chi connectivity index (χ1n) is 6.74. The summed E-state index contributed by atoms with van der Waals surface area (Å²) >= 11 is 5.86. The standard InChI is InChI=1S/C16H10ClF3N2O2/c17-11-5-6-14(23)13(7-11)22-8-12(21-15(22)24)9-1-3-10(4-2-9)16(18,19)20/h1-8,23H,(H,21,24). The molecule has 0 fully saturated rings. The SMILES string of the molecule is O=c1[nH]c(-c2ccc(C(F)(F)F)cc2)cn1-c1cc(Cl)ccc1O. The quantitative estimate of drug-likeness (QED) is 0.724. The first-order chi connectivity index (χ1) is 11.3. The van der Waals surface area contributed by atoms with Gasteiger partial charge in [-0.05, 0) is 35.9 Å². The maximum absolute atomic E-state index is 12.6. The first-order valence-corrected chi connectivity index (χ1v) is 7.12. The summed E-state index contributed by atoms with van der Waals surface area (Å²) < 4.78 is 38.9. The number of aromatic nitrogens is 2. The fourth-order valence-corrected chi connectivity index (χ4v) is 2.42. The molecule has 8 heteroatoms. The van der Waals surface area contributed by atoms with Crippen molar-refractivity contribution in [2.75, 3.05) is 0 Å². The summed E-state index contributed by atoms with van der Waals surface area (Å²) in [5, 5.41) is 10.2. The molecule has 0 amide bonds. The number of phenolic OH excluding ortho intramolecular Hbond substituents is 1. The Bertz CT molecular complexity index is 943. The number of aromatic hydroxyl groups is 1. The molecular weight excluding hydrogens is 345 g/mol. The Morgan fingerprint density at radius 1 is 1.08 bits per heavy atom. The van der Waals surface area contributed by atoms with E-state index in [1.54, 1.807) is 0 Å². The smallest absolute Gasteiger partial charge is 0.416 e. The van der Waals surface area contributed by atoms with E-state index in [1.165, 1.54) is 36.5 Å². The van der Waals surface area contributed by atoms with Crippen LogP contribution in [0.25, 0.3) is 16.9 Å². The summed E-state index contributed by atoms with van der Waals surface area (Å²) in [7, 11) is 0. The Kier molecular flexibility index (Phi) is 3.88. The number of benzene rings is 2. The Hall–Kier alpha value is -2.67. The molecular formula is C16H10ClF3N2O2. The van der Waals surface area contributed by atoms with E-state index in [9.17, 15) is 23.1 Å². The lowest BCUT2D eigenvalue weighted by molar-refractivity contribution is -0.137. The molecule has 0 unspecified atom stereocenters. The highest BCUT2D eigenvalue weighted by molar-refractivity contribution is 6.30. The first kappa shape index (κ1) is 16.2. The molecule has 1 aromatic heterocycles. The van der Waals surface area contributed by atoms with Crippen molar-refractivity contribution in [1.82, 2.24) is 9.55 Å². The maximum Gasteiger partial charge on any atom is 0.416 e. The highest BCUT2D eigenvalue weighted by Gasteiger charge is 2.30. The van der Waals surface area contributed by atoms with E-state index in [0.29, 0.717) is 16.3 Å². The second kappa shape index (κ2) is 5.76. The van der Waals surface area contributed by atoms with Gasteiger partial charge in [0.25, 0.3) is 0 Å². The van der Waals surface area contributed by atoms with E-state index in [-0.39, 0.29) is 11.4 Å². The van der Waals surface area contributed by atoms with Crippen LogP contribution in [0.4, 0.5) is 13.2 Å². The number of imidazole rings is 1. The fourth-order valence-electron chi connectivity index (χ4n) is 2.25. The van der Waals surface area contributed by atoms with Gasteiger partial charge in [-0.1, -0.05) is 23.7 Å². The number of halogens is 4. The number of H-pyrrole nitrogens is 1. The number of hydrogen-bond donors (Lipinski definition) is 2. The van der Waals surface area contributed by atoms with Crippen LogP contribution in [0.5, 0.6) is 5.75 Å². The molecule has 2 N–H and O–H groups in total. The Labute approximate surface area is 138 Å². The molecule has 0 aliphatic rings. The Morgan fingerprint density at radius 3 is 2.38 bits per heavy atom. The maximum atomic E-state index is 12.6. The highest BCUT2D eigenvalue weighted by atomic mass is 35.5. The van der Waals surface area contributed by atoms with Crippen LogP contribution >= 0.6 is 11.6 Å². The van der Waals surface area contributed by atoms with Gasteiger partial charge in [-0.2, -0.15) is 13.2 Å². The molecule has 1 heterocycles. The molecule has 0 saturated carbocycles. The number of nitrogens with one attached hydrogen (secondary N) is 1. The van der Waals surface area contributed by atoms with E-state index in [0.717, 1.165) is 16.7 Å². The third-order valence-electron chi connectivity index (χ3n) is 3.44. The van der Waals surface area contributed by atoms with Crippen LogP contribution in [-0.2, 0) is 6.18 Å². The van der Waals surface area contributed by atoms with E-state index in [4.69, 9.17) is 11.6 Å². The van der Waals surface area contributed by atoms with Crippen LogP contribution in [0.15, 0.2) is 53.5 Å². The van der Waals surface area contributed by atoms with Gasteiger partial charge in [-0.25, -0.2) is 4.79 Å². The van der Waals surface area contributed by atoms with E-state index in [1.807, 2.05) is 0 Å². The second-order valence-corrected chi connectivity index (χ2v) is 5.49. The fraction of sp³-hybridized carbons (Fsp3) is 0.0625. The van der Waals surface area contributed by atoms with Gasteiger partial charge in [0.1, 0.15) is 5.75 Å². The number of phenols is 1. The van der Waals surface area contributed by atoms with Crippen molar-refractivity contribution in [2.45, 2.75) is 6.18 Å². The van der Waals surface area contributed by atoms with Gasteiger partial charge >= 0.3 is 11.9 Å². The molecule has 2 aromatic carbocycles. The lowest BCUT2D eigenvalue weighted by Crippen LogP contribution is -2.14. The van der Waals surface area contributed by atoms with Crippen LogP contribution in [0, 0.1) is 0 Å². The van der Waals surface area contributed by atoms with Crippen molar-refractivity contribution >= 4 is 11.6 Å². The average Bonchev–Trinajstić information content (AvgIpc) is 2.91. The zero-order valence-corrected chi connectivity index (χ0v) is 12.7. The molecule has 0 atom stereocenters. The van der Waals surface area contributed by atoms with Gasteiger partial charge < -0.3 is 10.1 Å². The average molecular weight is 355 g/mol. The van der Waals surface area contributed by atoms with E-state index >= 15 is 0 Å². The van der Waals surface area contributed by atoms with Gasteiger partial charge in [0.2, 0.25) is 0 Å². The van der Waals surface area contributed by atoms with Crippen molar-refractivity contribution in [2.24, 2.45) is 0 Å². The monoisotopic (exact) mass is 354 g/mol. The molecule has 4 nitrogen and oxygen atoms in total. The number of rotatable bonds is 2. The third-order valence-corrected chi connectivity index (χ3v) is 3.67. The zero-order valence-electron chi connectivity index (χ0n) is 11.9. The number of nitrogens with zero attached hydrogens (tertiary/aromatic N) is 1. The molecule has 0 spiro atoms. The molecule has 0 radical (unpaired) electrons. The van der Waals surface area contributed by atoms with Crippen LogP contribution in [0.2, 0.25) is 5.02 Å². The molecule has 124 valence electrons. The summed E-state index contributed by atoms with van der Waals surface area (Å²) in [5.74, 6) is -0.153. The number of alkyl halides is 3.